The van der Waals surface area contributed by atoms with Gasteiger partial charge in [0.25, 0.3) is 0 Å². The van der Waals surface area contributed by atoms with Gasteiger partial charge in [-0.25, -0.2) is 0 Å². The van der Waals surface area contributed by atoms with Crippen LogP contribution in [0.2, 0.25) is 0 Å². The van der Waals surface area contributed by atoms with Crippen LogP contribution in [0.4, 0.5) is 11.4 Å². The highest BCUT2D eigenvalue weighted by Gasteiger charge is 2.07. The number of benzene rings is 2. The third-order valence-corrected chi connectivity index (χ3v) is 3.43. The molecule has 0 atom stereocenters. The smallest absolute Gasteiger partial charge is 0.243 e. The third-order valence-electron chi connectivity index (χ3n) is 3.43. The summed E-state index contributed by atoms with van der Waals surface area (Å²) in [6.07, 6.45) is 0. The lowest BCUT2D eigenvalue weighted by Crippen LogP contribution is -2.22. The summed E-state index contributed by atoms with van der Waals surface area (Å²) in [4.78, 5) is 12.0. The predicted molar refractivity (Wildman–Crippen MR) is 86.0 cm³/mol. The lowest BCUT2D eigenvalue weighted by Gasteiger charge is -2.13. The maximum Gasteiger partial charge on any atom is 0.243 e. The van der Waals surface area contributed by atoms with E-state index in [-0.39, 0.29) is 12.5 Å². The number of rotatable bonds is 5. The van der Waals surface area contributed by atoms with E-state index in [1.54, 1.807) is 7.11 Å². The van der Waals surface area contributed by atoms with Crippen LogP contribution in [-0.2, 0) is 4.79 Å². The van der Waals surface area contributed by atoms with Crippen molar-refractivity contribution in [3.05, 3.63) is 53.6 Å². The van der Waals surface area contributed by atoms with E-state index in [0.717, 1.165) is 28.3 Å². The van der Waals surface area contributed by atoms with Gasteiger partial charge in [-0.15, -0.1) is 0 Å². The van der Waals surface area contributed by atoms with Crippen molar-refractivity contribution in [2.24, 2.45) is 0 Å². The lowest BCUT2D eigenvalue weighted by molar-refractivity contribution is -0.114. The fraction of sp³-hybridized carbons (Fsp3) is 0.235. The fourth-order valence-corrected chi connectivity index (χ4v) is 2.05. The second-order valence-electron chi connectivity index (χ2n) is 4.85. The molecule has 2 rings (SSSR count). The van der Waals surface area contributed by atoms with Crippen LogP contribution in [0, 0.1) is 13.8 Å². The molecule has 0 unspecified atom stereocenters. The van der Waals surface area contributed by atoms with Gasteiger partial charge in [0.1, 0.15) is 5.75 Å². The minimum Gasteiger partial charge on any atom is -0.495 e. The molecule has 0 spiro atoms. The largest absolute Gasteiger partial charge is 0.495 e. The molecule has 110 valence electrons. The lowest BCUT2D eigenvalue weighted by atomic mass is 10.1. The van der Waals surface area contributed by atoms with Crippen LogP contribution in [0.15, 0.2) is 42.5 Å². The van der Waals surface area contributed by atoms with Crippen LogP contribution in [0.3, 0.4) is 0 Å². The highest BCUT2D eigenvalue weighted by molar-refractivity contribution is 5.94. The molecule has 0 aromatic heterocycles. The molecule has 0 aliphatic rings. The number of anilines is 2. The van der Waals surface area contributed by atoms with Gasteiger partial charge in [0.05, 0.1) is 19.3 Å². The van der Waals surface area contributed by atoms with E-state index >= 15 is 0 Å². The van der Waals surface area contributed by atoms with Crippen molar-refractivity contribution in [3.8, 4) is 5.75 Å². The minimum atomic E-state index is -0.0883. The summed E-state index contributed by atoms with van der Waals surface area (Å²) in [6, 6.07) is 13.4. The Bertz CT molecular complexity index is 638. The molecular weight excluding hydrogens is 264 g/mol. The van der Waals surface area contributed by atoms with Crippen molar-refractivity contribution in [2.45, 2.75) is 13.8 Å². The molecule has 0 saturated heterocycles. The van der Waals surface area contributed by atoms with Gasteiger partial charge in [0, 0.05) is 5.69 Å². The Hall–Kier alpha value is -2.49. The number of methoxy groups -OCH3 is 1. The molecule has 0 heterocycles. The Labute approximate surface area is 125 Å². The van der Waals surface area contributed by atoms with Gasteiger partial charge in [0.15, 0.2) is 0 Å². The van der Waals surface area contributed by atoms with Gasteiger partial charge in [-0.05, 0) is 43.2 Å². The molecule has 1 amide bonds. The van der Waals surface area contributed by atoms with Crippen molar-refractivity contribution >= 4 is 17.3 Å². The molecule has 2 aromatic carbocycles. The van der Waals surface area contributed by atoms with E-state index in [2.05, 4.69) is 10.6 Å². The van der Waals surface area contributed by atoms with Gasteiger partial charge >= 0.3 is 0 Å². The highest BCUT2D eigenvalue weighted by atomic mass is 16.5. The molecule has 21 heavy (non-hydrogen) atoms. The summed E-state index contributed by atoms with van der Waals surface area (Å²) in [5, 5.41) is 6.00. The zero-order valence-electron chi connectivity index (χ0n) is 12.6. The average molecular weight is 284 g/mol. The SMILES string of the molecule is COc1ccccc1NCC(=O)Nc1cccc(C)c1C. The Morgan fingerprint density at radius 1 is 1.05 bits per heavy atom. The molecule has 0 saturated carbocycles. The van der Waals surface area contributed by atoms with E-state index < -0.39 is 0 Å². The topological polar surface area (TPSA) is 50.4 Å². The zero-order chi connectivity index (χ0) is 15.2. The first-order valence-corrected chi connectivity index (χ1v) is 6.84. The van der Waals surface area contributed by atoms with Crippen LogP contribution in [-0.4, -0.2) is 19.6 Å². The normalized spacial score (nSPS) is 10.0. The Kier molecular flexibility index (Phi) is 4.82. The van der Waals surface area contributed by atoms with Gasteiger partial charge in [0.2, 0.25) is 5.91 Å². The van der Waals surface area contributed by atoms with Gasteiger partial charge < -0.3 is 15.4 Å². The van der Waals surface area contributed by atoms with Crippen LogP contribution < -0.4 is 15.4 Å². The fourth-order valence-electron chi connectivity index (χ4n) is 2.05. The highest BCUT2D eigenvalue weighted by Crippen LogP contribution is 2.23. The van der Waals surface area contributed by atoms with E-state index in [9.17, 15) is 4.79 Å². The predicted octanol–water partition coefficient (Wildman–Crippen LogP) is 3.36. The first kappa shape index (κ1) is 14.9. The number of aryl methyl sites for hydroxylation is 1. The number of carbonyl (C=O) groups excluding carboxylic acids is 1. The summed E-state index contributed by atoms with van der Waals surface area (Å²) in [6.45, 7) is 4.21. The molecule has 4 nitrogen and oxygen atoms in total. The summed E-state index contributed by atoms with van der Waals surface area (Å²) >= 11 is 0. The van der Waals surface area contributed by atoms with Gasteiger partial charge in [-0.2, -0.15) is 0 Å². The van der Waals surface area contributed by atoms with E-state index in [0.29, 0.717) is 0 Å². The van der Waals surface area contributed by atoms with Gasteiger partial charge in [-0.3, -0.25) is 4.79 Å². The summed E-state index contributed by atoms with van der Waals surface area (Å²) in [5.74, 6) is 0.631. The van der Waals surface area contributed by atoms with Crippen molar-refractivity contribution in [1.29, 1.82) is 0 Å². The molecule has 0 fully saturated rings. The average Bonchev–Trinajstić information content (AvgIpc) is 2.50. The Morgan fingerprint density at radius 3 is 2.52 bits per heavy atom. The maximum absolute atomic E-state index is 12.0. The maximum atomic E-state index is 12.0. The number of amides is 1. The number of hydrogen-bond donors (Lipinski definition) is 2. The summed E-state index contributed by atoms with van der Waals surface area (Å²) in [5.41, 5.74) is 3.89. The number of ether oxygens (including phenoxy) is 1. The summed E-state index contributed by atoms with van der Waals surface area (Å²) in [7, 11) is 1.61. The zero-order valence-corrected chi connectivity index (χ0v) is 12.6. The molecule has 0 radical (unpaired) electrons. The summed E-state index contributed by atoms with van der Waals surface area (Å²) < 4.78 is 5.24. The van der Waals surface area contributed by atoms with Crippen LogP contribution in [0.1, 0.15) is 11.1 Å². The molecule has 0 aliphatic carbocycles. The van der Waals surface area contributed by atoms with E-state index in [1.165, 1.54) is 0 Å². The Balaban J connectivity index is 1.98. The molecule has 0 aliphatic heterocycles. The van der Waals surface area contributed by atoms with Crippen LogP contribution in [0.25, 0.3) is 0 Å². The molecule has 4 heteroatoms. The molecule has 0 bridgehead atoms. The second-order valence-corrected chi connectivity index (χ2v) is 4.85. The van der Waals surface area contributed by atoms with Crippen molar-refractivity contribution in [1.82, 2.24) is 0 Å². The minimum absolute atomic E-state index is 0.0883. The number of para-hydroxylation sites is 2. The first-order valence-electron chi connectivity index (χ1n) is 6.84. The van der Waals surface area contributed by atoms with Crippen LogP contribution in [0.5, 0.6) is 5.75 Å². The van der Waals surface area contributed by atoms with E-state index in [1.807, 2.05) is 56.3 Å². The van der Waals surface area contributed by atoms with Crippen molar-refractivity contribution in [2.75, 3.05) is 24.3 Å². The molecular formula is C17H20N2O2. The van der Waals surface area contributed by atoms with Crippen molar-refractivity contribution < 1.29 is 9.53 Å². The first-order chi connectivity index (χ1) is 10.1. The number of hydrogen-bond acceptors (Lipinski definition) is 3. The molecule has 2 aromatic rings. The van der Waals surface area contributed by atoms with Gasteiger partial charge in [-0.1, -0.05) is 24.3 Å². The standard InChI is InChI=1S/C17H20N2O2/c1-12-7-6-9-14(13(12)2)19-17(20)11-18-15-8-4-5-10-16(15)21-3/h4-10,18H,11H2,1-3H3,(H,19,20). The quantitative estimate of drug-likeness (QED) is 0.885. The number of carbonyl (C=O) groups is 1. The Morgan fingerprint density at radius 2 is 1.76 bits per heavy atom. The van der Waals surface area contributed by atoms with Crippen LogP contribution >= 0.6 is 0 Å². The second kappa shape index (κ2) is 6.79. The monoisotopic (exact) mass is 284 g/mol. The third kappa shape index (κ3) is 3.75. The van der Waals surface area contributed by atoms with Crippen molar-refractivity contribution in [3.63, 3.8) is 0 Å². The number of nitrogens with one attached hydrogen (secondary N) is 2. The molecule has 2 N–H and O–H groups in total. The van der Waals surface area contributed by atoms with E-state index in [4.69, 9.17) is 4.74 Å².